The highest BCUT2D eigenvalue weighted by atomic mass is 16.6. The van der Waals surface area contributed by atoms with E-state index in [1.54, 1.807) is 12.1 Å². The van der Waals surface area contributed by atoms with Crippen LogP contribution in [0.5, 0.6) is 0 Å². The minimum absolute atomic E-state index is 0.0228. The molecule has 3 N–H and O–H groups in total. The predicted molar refractivity (Wildman–Crippen MR) is 109 cm³/mol. The smallest absolute Gasteiger partial charge is 0.290 e. The van der Waals surface area contributed by atoms with E-state index >= 15 is 0 Å². The van der Waals surface area contributed by atoms with Crippen molar-refractivity contribution in [1.29, 1.82) is 0 Å². The lowest BCUT2D eigenvalue weighted by Gasteiger charge is -2.26. The third-order valence-corrected chi connectivity index (χ3v) is 4.98. The molecule has 1 unspecified atom stereocenters. The number of hydrogen-bond acceptors (Lipinski definition) is 6. The van der Waals surface area contributed by atoms with Crippen LogP contribution in [0.25, 0.3) is 0 Å². The Bertz CT molecular complexity index is 803. The third kappa shape index (κ3) is 5.20. The number of Topliss-reactive ketones (excluding diaryl/α,β-unsaturated/α-hetero) is 1. The van der Waals surface area contributed by atoms with Gasteiger partial charge < -0.3 is 15.7 Å². The number of amides is 1. The Kier molecular flexibility index (Phi) is 7.90. The molecular weight excluding hydrogens is 374 g/mol. The molecule has 1 aromatic rings. The maximum Gasteiger partial charge on any atom is 0.290 e. The van der Waals surface area contributed by atoms with Crippen LogP contribution in [0.15, 0.2) is 35.6 Å². The fraction of sp³-hybridized carbons (Fsp3) is 0.524. The third-order valence-electron chi connectivity index (χ3n) is 4.98. The summed E-state index contributed by atoms with van der Waals surface area (Å²) in [5.41, 5.74) is 5.52. The highest BCUT2D eigenvalue weighted by Crippen LogP contribution is 2.42. The molecule has 0 spiro atoms. The number of nitrogens with two attached hydrogens (primary N) is 1. The van der Waals surface area contributed by atoms with E-state index in [-0.39, 0.29) is 34.9 Å². The molecule has 0 saturated carbocycles. The molecule has 0 aliphatic carbocycles. The minimum Gasteiger partial charge on any atom is -0.503 e. The van der Waals surface area contributed by atoms with Crippen LogP contribution in [0, 0.1) is 16.0 Å². The molecule has 8 heteroatoms. The Hall–Kier alpha value is -2.74. The van der Waals surface area contributed by atoms with E-state index in [2.05, 4.69) is 0 Å². The molecule has 29 heavy (non-hydrogen) atoms. The summed E-state index contributed by atoms with van der Waals surface area (Å²) >= 11 is 0. The van der Waals surface area contributed by atoms with Gasteiger partial charge in [-0.2, -0.15) is 0 Å². The first-order valence-corrected chi connectivity index (χ1v) is 10.00. The number of nitro groups is 1. The van der Waals surface area contributed by atoms with Crippen molar-refractivity contribution in [3.05, 3.63) is 51.3 Å². The molecule has 0 fully saturated rings. The lowest BCUT2D eigenvalue weighted by Crippen LogP contribution is -2.32. The van der Waals surface area contributed by atoms with Gasteiger partial charge in [0.1, 0.15) is 0 Å². The van der Waals surface area contributed by atoms with Gasteiger partial charge >= 0.3 is 0 Å². The fourth-order valence-electron chi connectivity index (χ4n) is 3.64. The number of ketones is 1. The van der Waals surface area contributed by atoms with Gasteiger partial charge in [-0.3, -0.25) is 19.7 Å². The number of benzene rings is 1. The number of aliphatic hydroxyl groups excluding tert-OH is 1. The summed E-state index contributed by atoms with van der Waals surface area (Å²) in [5, 5.41) is 22.1. The van der Waals surface area contributed by atoms with Gasteiger partial charge in [-0.05, 0) is 31.4 Å². The van der Waals surface area contributed by atoms with E-state index in [4.69, 9.17) is 5.73 Å². The number of unbranched alkanes of at least 4 members (excludes halogenated alkanes) is 3. The molecule has 1 atom stereocenters. The van der Waals surface area contributed by atoms with Gasteiger partial charge in [0.25, 0.3) is 11.6 Å². The highest BCUT2D eigenvalue weighted by molar-refractivity contribution is 6.09. The molecule has 8 nitrogen and oxygen atoms in total. The quantitative estimate of drug-likeness (QED) is 0.331. The zero-order chi connectivity index (χ0) is 21.6. The number of hydrogen-bond donors (Lipinski definition) is 2. The largest absolute Gasteiger partial charge is 0.503 e. The number of nitrogens with zero attached hydrogens (tertiary/aromatic N) is 2. The van der Waals surface area contributed by atoms with Crippen LogP contribution >= 0.6 is 0 Å². The molecule has 1 aliphatic rings. The van der Waals surface area contributed by atoms with Crippen LogP contribution in [-0.4, -0.2) is 39.7 Å². The van der Waals surface area contributed by atoms with Gasteiger partial charge in [0.05, 0.1) is 22.1 Å². The van der Waals surface area contributed by atoms with Gasteiger partial charge in [-0.25, -0.2) is 0 Å². The Balaban J connectivity index is 2.43. The average molecular weight is 403 g/mol. The van der Waals surface area contributed by atoms with E-state index in [9.17, 15) is 24.8 Å². The zero-order valence-corrected chi connectivity index (χ0v) is 17.0. The second-order valence-corrected chi connectivity index (χ2v) is 7.70. The van der Waals surface area contributed by atoms with E-state index in [1.807, 2.05) is 13.8 Å². The summed E-state index contributed by atoms with van der Waals surface area (Å²) in [7, 11) is 0. The van der Waals surface area contributed by atoms with Crippen LogP contribution < -0.4 is 5.73 Å². The number of para-hydroxylation sites is 1. The summed E-state index contributed by atoms with van der Waals surface area (Å²) < 4.78 is 0. The minimum atomic E-state index is -0.954. The monoisotopic (exact) mass is 403 g/mol. The number of carbonyl (C=O) groups is 2. The number of nitro benzene ring substituents is 1. The average Bonchev–Trinajstić information content (AvgIpc) is 2.92. The van der Waals surface area contributed by atoms with E-state index in [1.165, 1.54) is 17.0 Å². The predicted octanol–water partition coefficient (Wildman–Crippen LogP) is 3.42. The molecule has 1 heterocycles. The lowest BCUT2D eigenvalue weighted by molar-refractivity contribution is -0.385. The maximum atomic E-state index is 12.9. The van der Waals surface area contributed by atoms with Crippen LogP contribution in [0.3, 0.4) is 0 Å². The maximum absolute atomic E-state index is 12.9. The fourth-order valence-corrected chi connectivity index (χ4v) is 3.64. The van der Waals surface area contributed by atoms with Crippen molar-refractivity contribution in [2.75, 3.05) is 13.1 Å². The van der Waals surface area contributed by atoms with E-state index < -0.39 is 22.6 Å². The van der Waals surface area contributed by atoms with Crippen molar-refractivity contribution in [3.8, 4) is 0 Å². The van der Waals surface area contributed by atoms with Crippen molar-refractivity contribution >= 4 is 17.4 Å². The van der Waals surface area contributed by atoms with Crippen molar-refractivity contribution in [3.63, 3.8) is 0 Å². The lowest BCUT2D eigenvalue weighted by atomic mass is 9.91. The molecule has 1 aliphatic heterocycles. The molecular formula is C21H29N3O5. The Morgan fingerprint density at radius 2 is 1.90 bits per heavy atom. The summed E-state index contributed by atoms with van der Waals surface area (Å²) in [6.45, 7) is 4.61. The van der Waals surface area contributed by atoms with E-state index in [0.717, 1.165) is 19.3 Å². The Morgan fingerprint density at radius 3 is 2.52 bits per heavy atom. The van der Waals surface area contributed by atoms with Gasteiger partial charge in [0.2, 0.25) is 0 Å². The van der Waals surface area contributed by atoms with Crippen molar-refractivity contribution in [2.24, 2.45) is 11.7 Å². The van der Waals surface area contributed by atoms with E-state index in [0.29, 0.717) is 19.5 Å². The molecule has 0 aromatic heterocycles. The molecule has 1 amide bonds. The number of carbonyl (C=O) groups excluding carboxylic acids is 2. The van der Waals surface area contributed by atoms with Gasteiger partial charge in [0, 0.05) is 19.0 Å². The van der Waals surface area contributed by atoms with Gasteiger partial charge in [-0.15, -0.1) is 0 Å². The van der Waals surface area contributed by atoms with Gasteiger partial charge in [0.15, 0.2) is 11.5 Å². The first-order valence-electron chi connectivity index (χ1n) is 10.00. The van der Waals surface area contributed by atoms with Crippen LogP contribution in [-0.2, 0) is 9.59 Å². The van der Waals surface area contributed by atoms with Crippen molar-refractivity contribution in [1.82, 2.24) is 4.90 Å². The normalized spacial score (nSPS) is 16.8. The standard InChI is InChI=1S/C21H29N3O5/c1-14(2)13-17(25)18-19(15-9-5-6-10-16(15)24(28)29)23(21(27)20(18)26)12-8-4-3-7-11-22/h5-6,9-10,14,19,26H,3-4,7-8,11-13,22H2,1-2H3. The SMILES string of the molecule is CC(C)CC(=O)C1=C(O)C(=O)N(CCCCCCN)C1c1ccccc1[N+](=O)[O-]. The highest BCUT2D eigenvalue weighted by Gasteiger charge is 2.45. The number of aliphatic hydroxyl groups is 1. The molecule has 0 saturated heterocycles. The second kappa shape index (κ2) is 10.2. The van der Waals surface area contributed by atoms with Crippen LogP contribution in [0.1, 0.15) is 57.6 Å². The van der Waals surface area contributed by atoms with Crippen LogP contribution in [0.2, 0.25) is 0 Å². The topological polar surface area (TPSA) is 127 Å². The van der Waals surface area contributed by atoms with Gasteiger partial charge in [-0.1, -0.05) is 38.8 Å². The van der Waals surface area contributed by atoms with Crippen LogP contribution in [0.4, 0.5) is 5.69 Å². The summed E-state index contributed by atoms with van der Waals surface area (Å²) in [6, 6.07) is 5.10. The summed E-state index contributed by atoms with van der Waals surface area (Å²) in [5.74, 6) is -1.59. The first-order chi connectivity index (χ1) is 13.8. The molecule has 158 valence electrons. The summed E-state index contributed by atoms with van der Waals surface area (Å²) in [6.07, 6.45) is 3.42. The molecule has 2 rings (SSSR count). The molecule has 1 aromatic carbocycles. The van der Waals surface area contributed by atoms with Crippen molar-refractivity contribution in [2.45, 2.75) is 52.0 Å². The first kappa shape index (κ1) is 22.5. The Morgan fingerprint density at radius 1 is 1.24 bits per heavy atom. The second-order valence-electron chi connectivity index (χ2n) is 7.70. The molecule has 0 radical (unpaired) electrons. The number of rotatable bonds is 11. The molecule has 0 bridgehead atoms. The zero-order valence-electron chi connectivity index (χ0n) is 17.0. The van der Waals surface area contributed by atoms with Crippen molar-refractivity contribution < 1.29 is 19.6 Å². The Labute approximate surface area is 170 Å². The summed E-state index contributed by atoms with van der Waals surface area (Å²) in [4.78, 5) is 38.0.